The van der Waals surface area contributed by atoms with E-state index >= 15 is 0 Å². The first-order valence-electron chi connectivity index (χ1n) is 6.67. The minimum atomic E-state index is -0.897. The average molecular weight is 332 g/mol. The third-order valence-electron chi connectivity index (χ3n) is 2.97. The Bertz CT molecular complexity index is 407. The fourth-order valence-corrected chi connectivity index (χ4v) is 2.33. The van der Waals surface area contributed by atoms with E-state index < -0.39 is 5.60 Å². The van der Waals surface area contributed by atoms with E-state index in [1.165, 1.54) is 6.07 Å². The SMILES string of the molecule is CC(C)CNCCC(C)(O)Cc1cc(Br)ccc1F. The van der Waals surface area contributed by atoms with Crippen LogP contribution in [0.5, 0.6) is 0 Å². The fourth-order valence-electron chi connectivity index (χ4n) is 1.93. The zero-order chi connectivity index (χ0) is 14.5. The Labute approximate surface area is 123 Å². The van der Waals surface area contributed by atoms with E-state index in [1.807, 2.05) is 0 Å². The second-order valence-corrected chi connectivity index (χ2v) is 6.67. The van der Waals surface area contributed by atoms with Crippen LogP contribution in [0.15, 0.2) is 22.7 Å². The first-order chi connectivity index (χ1) is 8.80. The van der Waals surface area contributed by atoms with Gasteiger partial charge in [-0.2, -0.15) is 0 Å². The highest BCUT2D eigenvalue weighted by Crippen LogP contribution is 2.22. The van der Waals surface area contributed by atoms with Crippen molar-refractivity contribution < 1.29 is 9.50 Å². The van der Waals surface area contributed by atoms with Gasteiger partial charge in [0.25, 0.3) is 0 Å². The zero-order valence-corrected chi connectivity index (χ0v) is 13.4. The molecule has 0 fully saturated rings. The van der Waals surface area contributed by atoms with Crippen molar-refractivity contribution >= 4 is 15.9 Å². The maximum Gasteiger partial charge on any atom is 0.126 e. The Kier molecular flexibility index (Phi) is 6.43. The second kappa shape index (κ2) is 7.36. The van der Waals surface area contributed by atoms with Gasteiger partial charge >= 0.3 is 0 Å². The van der Waals surface area contributed by atoms with Crippen LogP contribution in [-0.2, 0) is 6.42 Å². The molecule has 108 valence electrons. The van der Waals surface area contributed by atoms with Crippen LogP contribution in [0.1, 0.15) is 32.8 Å². The van der Waals surface area contributed by atoms with Gasteiger partial charge in [-0.25, -0.2) is 4.39 Å². The molecule has 0 aliphatic carbocycles. The normalized spacial score (nSPS) is 14.7. The van der Waals surface area contributed by atoms with E-state index in [0.717, 1.165) is 17.6 Å². The molecule has 2 nitrogen and oxygen atoms in total. The molecule has 0 saturated heterocycles. The number of benzene rings is 1. The van der Waals surface area contributed by atoms with Crippen molar-refractivity contribution in [1.29, 1.82) is 0 Å². The van der Waals surface area contributed by atoms with Crippen molar-refractivity contribution in [3.05, 3.63) is 34.1 Å². The van der Waals surface area contributed by atoms with Crippen LogP contribution >= 0.6 is 15.9 Å². The lowest BCUT2D eigenvalue weighted by Crippen LogP contribution is -2.33. The number of aliphatic hydroxyl groups is 1. The molecule has 0 aromatic heterocycles. The van der Waals surface area contributed by atoms with Crippen molar-refractivity contribution in [2.24, 2.45) is 5.92 Å². The first-order valence-corrected chi connectivity index (χ1v) is 7.46. The minimum absolute atomic E-state index is 0.265. The number of hydrogen-bond donors (Lipinski definition) is 2. The molecule has 0 bridgehead atoms. The van der Waals surface area contributed by atoms with Crippen LogP contribution in [-0.4, -0.2) is 23.8 Å². The lowest BCUT2D eigenvalue weighted by Gasteiger charge is -2.24. The van der Waals surface area contributed by atoms with Crippen molar-refractivity contribution in [3.8, 4) is 0 Å². The van der Waals surface area contributed by atoms with E-state index in [4.69, 9.17) is 0 Å². The van der Waals surface area contributed by atoms with Gasteiger partial charge in [0.15, 0.2) is 0 Å². The maximum atomic E-state index is 13.6. The van der Waals surface area contributed by atoms with Gasteiger partial charge in [-0.15, -0.1) is 0 Å². The number of hydrogen-bond acceptors (Lipinski definition) is 2. The van der Waals surface area contributed by atoms with Gasteiger partial charge in [-0.1, -0.05) is 29.8 Å². The number of rotatable bonds is 7. The Balaban J connectivity index is 2.51. The lowest BCUT2D eigenvalue weighted by atomic mass is 9.93. The highest BCUT2D eigenvalue weighted by Gasteiger charge is 2.22. The molecule has 0 aliphatic heterocycles. The third-order valence-corrected chi connectivity index (χ3v) is 3.47. The average Bonchev–Trinajstić information content (AvgIpc) is 2.29. The largest absolute Gasteiger partial charge is 0.390 e. The summed E-state index contributed by atoms with van der Waals surface area (Å²) in [5, 5.41) is 13.6. The van der Waals surface area contributed by atoms with Gasteiger partial charge in [0.2, 0.25) is 0 Å². The van der Waals surface area contributed by atoms with E-state index in [-0.39, 0.29) is 5.82 Å². The van der Waals surface area contributed by atoms with E-state index in [2.05, 4.69) is 35.1 Å². The summed E-state index contributed by atoms with van der Waals surface area (Å²) < 4.78 is 14.5. The molecule has 2 N–H and O–H groups in total. The molecular formula is C15H23BrFNO. The lowest BCUT2D eigenvalue weighted by molar-refractivity contribution is 0.0505. The molecule has 1 aromatic rings. The highest BCUT2D eigenvalue weighted by atomic mass is 79.9. The van der Waals surface area contributed by atoms with Crippen LogP contribution < -0.4 is 5.32 Å². The molecule has 0 amide bonds. The molecule has 0 aliphatic rings. The molecule has 1 rings (SSSR count). The molecule has 4 heteroatoms. The van der Waals surface area contributed by atoms with Gasteiger partial charge in [0.1, 0.15) is 5.82 Å². The summed E-state index contributed by atoms with van der Waals surface area (Å²) in [4.78, 5) is 0. The molecule has 19 heavy (non-hydrogen) atoms. The fraction of sp³-hybridized carbons (Fsp3) is 0.600. The number of nitrogens with one attached hydrogen (secondary N) is 1. The topological polar surface area (TPSA) is 32.3 Å². The molecule has 0 radical (unpaired) electrons. The smallest absolute Gasteiger partial charge is 0.126 e. The van der Waals surface area contributed by atoms with Crippen LogP contribution in [0.4, 0.5) is 4.39 Å². The van der Waals surface area contributed by atoms with Gasteiger partial charge in [-0.3, -0.25) is 0 Å². The molecule has 1 unspecified atom stereocenters. The minimum Gasteiger partial charge on any atom is -0.390 e. The van der Waals surface area contributed by atoms with Crippen molar-refractivity contribution in [1.82, 2.24) is 5.32 Å². The summed E-state index contributed by atoms with van der Waals surface area (Å²) in [7, 11) is 0. The Morgan fingerprint density at radius 3 is 2.74 bits per heavy atom. The summed E-state index contributed by atoms with van der Waals surface area (Å²) in [6.45, 7) is 7.70. The van der Waals surface area contributed by atoms with E-state index in [9.17, 15) is 9.50 Å². The third kappa shape index (κ3) is 6.50. The Morgan fingerprint density at radius 2 is 2.11 bits per heavy atom. The zero-order valence-electron chi connectivity index (χ0n) is 11.8. The summed E-state index contributed by atoms with van der Waals surface area (Å²) in [5.41, 5.74) is -0.353. The predicted octanol–water partition coefficient (Wildman–Crippen LogP) is 3.52. The van der Waals surface area contributed by atoms with Gasteiger partial charge in [-0.05, 0) is 56.1 Å². The summed E-state index contributed by atoms with van der Waals surface area (Å²) in [6, 6.07) is 4.82. The molecule has 0 heterocycles. The van der Waals surface area contributed by atoms with Gasteiger partial charge in [0, 0.05) is 10.9 Å². The quantitative estimate of drug-likeness (QED) is 0.749. The maximum absolute atomic E-state index is 13.6. The molecule has 1 atom stereocenters. The van der Waals surface area contributed by atoms with Crippen LogP contribution in [0, 0.1) is 11.7 Å². The monoisotopic (exact) mass is 331 g/mol. The van der Waals surface area contributed by atoms with Crippen LogP contribution in [0.3, 0.4) is 0 Å². The Hall–Kier alpha value is -0.450. The van der Waals surface area contributed by atoms with Gasteiger partial charge < -0.3 is 10.4 Å². The molecule has 0 spiro atoms. The standard InChI is InChI=1S/C15H23BrFNO/c1-11(2)10-18-7-6-15(3,19)9-12-8-13(16)4-5-14(12)17/h4-5,8,11,18-19H,6-7,9-10H2,1-3H3. The second-order valence-electron chi connectivity index (χ2n) is 5.76. The van der Waals surface area contributed by atoms with Crippen LogP contribution in [0.2, 0.25) is 0 Å². The van der Waals surface area contributed by atoms with E-state index in [1.54, 1.807) is 19.1 Å². The first kappa shape index (κ1) is 16.6. The molecule has 1 aromatic carbocycles. The molecule has 0 saturated carbocycles. The van der Waals surface area contributed by atoms with Crippen LogP contribution in [0.25, 0.3) is 0 Å². The predicted molar refractivity (Wildman–Crippen MR) is 80.8 cm³/mol. The number of halogens is 2. The Morgan fingerprint density at radius 1 is 1.42 bits per heavy atom. The molecular weight excluding hydrogens is 309 g/mol. The highest BCUT2D eigenvalue weighted by molar-refractivity contribution is 9.10. The summed E-state index contributed by atoms with van der Waals surface area (Å²) in [6.07, 6.45) is 0.924. The summed E-state index contributed by atoms with van der Waals surface area (Å²) in [5.74, 6) is 0.325. The van der Waals surface area contributed by atoms with Crippen molar-refractivity contribution in [2.75, 3.05) is 13.1 Å². The van der Waals surface area contributed by atoms with Gasteiger partial charge in [0.05, 0.1) is 5.60 Å². The summed E-state index contributed by atoms with van der Waals surface area (Å²) >= 11 is 3.32. The van der Waals surface area contributed by atoms with E-state index in [0.29, 0.717) is 24.3 Å². The van der Waals surface area contributed by atoms with Crippen molar-refractivity contribution in [3.63, 3.8) is 0 Å². The van der Waals surface area contributed by atoms with Crippen molar-refractivity contribution in [2.45, 2.75) is 39.2 Å².